The maximum atomic E-state index is 13.0. The predicted octanol–water partition coefficient (Wildman–Crippen LogP) is 11.1. The zero-order chi connectivity index (χ0) is 62.3. The second kappa shape index (κ2) is 34.4. The van der Waals surface area contributed by atoms with E-state index in [0.29, 0.717) is 51.0 Å². The van der Waals surface area contributed by atoms with Crippen LogP contribution in [-0.4, -0.2) is 158 Å². The zero-order valence-corrected chi connectivity index (χ0v) is 53.7. The number of hydrogen-bond acceptors (Lipinski definition) is 12. The average molecular weight is 1220 g/mol. The third-order valence-electron chi connectivity index (χ3n) is 18.8. The molecule has 6 fully saturated rings. The number of nitrogens with one attached hydrogen (secondary N) is 1. The normalized spacial score (nSPS) is 22.2. The van der Waals surface area contributed by atoms with E-state index in [2.05, 4.69) is 106 Å². The summed E-state index contributed by atoms with van der Waals surface area (Å²) in [5, 5.41) is 2.82. The van der Waals surface area contributed by atoms with Gasteiger partial charge < -0.3 is 54.7 Å². The zero-order valence-electron chi connectivity index (χ0n) is 53.7. The van der Waals surface area contributed by atoms with Gasteiger partial charge in [-0.2, -0.15) is 0 Å². The molecule has 6 atom stereocenters. The van der Waals surface area contributed by atoms with E-state index in [9.17, 15) is 19.2 Å². The van der Waals surface area contributed by atoms with Gasteiger partial charge in [0, 0.05) is 120 Å². The highest BCUT2D eigenvalue weighted by molar-refractivity contribution is 5.97. The largest absolute Gasteiger partial charge is 0.494 e. The van der Waals surface area contributed by atoms with Crippen LogP contribution in [0.25, 0.3) is 0 Å². The van der Waals surface area contributed by atoms with Gasteiger partial charge >= 0.3 is 0 Å². The van der Waals surface area contributed by atoms with Crippen molar-refractivity contribution in [3.63, 3.8) is 0 Å². The van der Waals surface area contributed by atoms with Crippen molar-refractivity contribution in [1.82, 2.24) is 24.9 Å². The lowest BCUT2D eigenvalue weighted by Gasteiger charge is -2.31. The molecule has 0 spiro atoms. The number of amides is 4. The van der Waals surface area contributed by atoms with Crippen molar-refractivity contribution >= 4 is 40.7 Å². The molecule has 6 heterocycles. The maximum absolute atomic E-state index is 13.0. The van der Waals surface area contributed by atoms with Crippen molar-refractivity contribution < 1.29 is 33.4 Å². The van der Waals surface area contributed by atoms with Crippen LogP contribution >= 0.6 is 0 Å². The third kappa shape index (κ3) is 19.8. The van der Waals surface area contributed by atoms with E-state index >= 15 is 0 Å². The summed E-state index contributed by atoms with van der Waals surface area (Å²) < 4.78 is 17.7. The van der Waals surface area contributed by atoms with Crippen LogP contribution in [0.3, 0.4) is 0 Å². The number of carbonyl (C=O) groups is 4. The van der Waals surface area contributed by atoms with E-state index in [4.69, 9.17) is 19.9 Å². The number of ether oxygens (including phenoxy) is 3. The number of anilines is 3. The SMILES string of the molecule is CC(=O)NC[C@@H]1CCC(=O)N1c1ccc(OCCCN2CCCC2C)cc1.CC1CCCN1CCCOc1ccc(N2C(=O)CC[C@H]2CN(Cc2ccccc2)Cc2ccccc2)cc1.CC1CCCN1CCCOc1ccc(N2C(=O)CC[C@H]2CN)cc1. The summed E-state index contributed by atoms with van der Waals surface area (Å²) in [5.74, 6) is 2.99. The first-order valence-electron chi connectivity index (χ1n) is 33.5. The summed E-state index contributed by atoms with van der Waals surface area (Å²) in [7, 11) is 0. The molecule has 11 rings (SSSR count). The fourth-order valence-corrected chi connectivity index (χ4v) is 13.8. The van der Waals surface area contributed by atoms with E-state index in [1.54, 1.807) is 4.90 Å². The second-order valence-electron chi connectivity index (χ2n) is 25.4. The molecule has 4 amide bonds. The Balaban J connectivity index is 0.000000164. The Labute approximate surface area is 531 Å². The summed E-state index contributed by atoms with van der Waals surface area (Å²) >= 11 is 0. The highest BCUT2D eigenvalue weighted by Crippen LogP contribution is 2.32. The smallest absolute Gasteiger partial charge is 0.227 e. The Bertz CT molecular complexity index is 2900. The average Bonchev–Trinajstić information content (AvgIpc) is 2.03. The Hall–Kier alpha value is -6.82. The van der Waals surface area contributed by atoms with Crippen molar-refractivity contribution in [3.8, 4) is 17.2 Å². The molecule has 5 aromatic carbocycles. The summed E-state index contributed by atoms with van der Waals surface area (Å²) in [6, 6.07) is 47.3. The third-order valence-corrected chi connectivity index (χ3v) is 18.8. The number of nitrogens with two attached hydrogens (primary N) is 1. The van der Waals surface area contributed by atoms with E-state index < -0.39 is 0 Å². The molecular weight excluding hydrogens is 1110 g/mol. The molecule has 6 aliphatic rings. The number of likely N-dealkylation sites (tertiary alicyclic amines) is 3. The van der Waals surface area contributed by atoms with Crippen LogP contribution in [0.15, 0.2) is 133 Å². The van der Waals surface area contributed by atoms with Gasteiger partial charge in [0.1, 0.15) is 17.2 Å². The summed E-state index contributed by atoms with van der Waals surface area (Å²) in [4.78, 5) is 64.2. The minimum absolute atomic E-state index is 0.0237. The first-order chi connectivity index (χ1) is 43.4. The number of benzene rings is 5. The first kappa shape index (κ1) is 66.6. The molecule has 89 heavy (non-hydrogen) atoms. The fourth-order valence-electron chi connectivity index (χ4n) is 13.8. The van der Waals surface area contributed by atoms with E-state index in [1.165, 1.54) is 76.2 Å². The van der Waals surface area contributed by atoms with Gasteiger partial charge in [0.15, 0.2) is 0 Å². The number of nitrogens with zero attached hydrogens (tertiary/aromatic N) is 7. The van der Waals surface area contributed by atoms with Gasteiger partial charge in [-0.05, 0) is 201 Å². The molecule has 5 aromatic rings. The lowest BCUT2D eigenvalue weighted by molar-refractivity contribution is -0.119. The lowest BCUT2D eigenvalue weighted by Crippen LogP contribution is -2.41. The monoisotopic (exact) mass is 1220 g/mol. The number of hydrogen-bond donors (Lipinski definition) is 2. The van der Waals surface area contributed by atoms with Crippen LogP contribution in [0.4, 0.5) is 17.1 Å². The van der Waals surface area contributed by atoms with Gasteiger partial charge in [-0.1, -0.05) is 60.7 Å². The van der Waals surface area contributed by atoms with Gasteiger partial charge in [0.05, 0.1) is 31.9 Å². The second-order valence-corrected chi connectivity index (χ2v) is 25.4. The van der Waals surface area contributed by atoms with Gasteiger partial charge in [-0.3, -0.25) is 24.1 Å². The molecule has 0 aliphatic carbocycles. The number of carbonyl (C=O) groups excluding carboxylic acids is 4. The fraction of sp³-hybridized carbons (Fsp3) is 0.534. The molecule has 3 unspecified atom stereocenters. The van der Waals surface area contributed by atoms with Crippen molar-refractivity contribution in [1.29, 1.82) is 0 Å². The highest BCUT2D eigenvalue weighted by atomic mass is 16.5. The molecule has 16 nitrogen and oxygen atoms in total. The maximum Gasteiger partial charge on any atom is 0.227 e. The number of rotatable bonds is 27. The van der Waals surface area contributed by atoms with Gasteiger partial charge in [-0.25, -0.2) is 0 Å². The van der Waals surface area contributed by atoms with Crippen LogP contribution in [0.2, 0.25) is 0 Å². The highest BCUT2D eigenvalue weighted by Gasteiger charge is 2.35. The van der Waals surface area contributed by atoms with Crippen molar-refractivity contribution in [2.75, 3.05) is 93.4 Å². The Kier molecular flexibility index (Phi) is 25.7. The van der Waals surface area contributed by atoms with Gasteiger partial charge in [0.2, 0.25) is 23.6 Å². The molecular formula is C73H101N9O7. The lowest BCUT2D eigenvalue weighted by atomic mass is 10.1. The summed E-state index contributed by atoms with van der Waals surface area (Å²) in [5.41, 5.74) is 11.1. The van der Waals surface area contributed by atoms with Crippen LogP contribution in [0.1, 0.15) is 135 Å². The van der Waals surface area contributed by atoms with E-state index in [-0.39, 0.29) is 41.8 Å². The molecule has 6 saturated heterocycles. The molecule has 0 aromatic heterocycles. The van der Waals surface area contributed by atoms with Crippen LogP contribution < -0.4 is 40.0 Å². The predicted molar refractivity (Wildman–Crippen MR) is 357 cm³/mol. The standard InChI is InChI=1S/C33H41N3O2.C21H31N3O3.C19H29N3O2/c1-27-10-8-21-35(27)22-9-23-38-32-18-15-30(16-19-32)36-31(17-20-33(36)37)26-34(24-28-11-4-2-5-12-28)25-29-13-6-3-7-14-29;1-16-5-3-12-23(16)13-4-14-27-20-9-6-18(7-10-20)24-19(8-11-21(24)26)15-22-17(2)25;1-15-4-2-11-21(15)12-3-13-24-18-8-5-16(6-9-18)22-17(14-20)7-10-19(22)23/h2-7,11-16,18-19,27,31H,8-10,17,20-26H2,1H3;6-7,9-10,16,19H,3-5,8,11-15H2,1-2H3,(H,22,25);5-6,8-9,15,17H,2-4,7,10-14,20H2,1H3/t27?,31-;16?,19-;15?,17-/m000/s1. The Morgan fingerprint density at radius 3 is 1.18 bits per heavy atom. The first-order valence-corrected chi connectivity index (χ1v) is 33.5. The van der Waals surface area contributed by atoms with Crippen LogP contribution in [0, 0.1) is 0 Å². The minimum Gasteiger partial charge on any atom is -0.494 e. The van der Waals surface area contributed by atoms with E-state index in [1.807, 2.05) is 82.6 Å². The molecule has 0 radical (unpaired) electrons. The molecule has 16 heteroatoms. The van der Waals surface area contributed by atoms with Gasteiger partial charge in [0.25, 0.3) is 0 Å². The molecule has 0 saturated carbocycles. The Morgan fingerprint density at radius 1 is 0.483 bits per heavy atom. The molecule has 3 N–H and O–H groups in total. The quantitative estimate of drug-likeness (QED) is 0.0481. The Morgan fingerprint density at radius 2 is 0.831 bits per heavy atom. The van der Waals surface area contributed by atoms with Gasteiger partial charge in [-0.15, -0.1) is 0 Å². The molecule has 6 aliphatic heterocycles. The van der Waals surface area contributed by atoms with Crippen LogP contribution in [-0.2, 0) is 32.3 Å². The molecule has 480 valence electrons. The topological polar surface area (TPSA) is 157 Å². The molecule has 0 bridgehead atoms. The van der Waals surface area contributed by atoms with E-state index in [0.717, 1.165) is 131 Å². The van der Waals surface area contributed by atoms with Crippen LogP contribution in [0.5, 0.6) is 17.2 Å². The van der Waals surface area contributed by atoms with Crippen molar-refractivity contribution in [2.45, 2.75) is 173 Å². The summed E-state index contributed by atoms with van der Waals surface area (Å²) in [6.45, 7) is 21.1. The minimum atomic E-state index is -0.0682. The van der Waals surface area contributed by atoms with Crippen molar-refractivity contribution in [2.24, 2.45) is 5.73 Å². The summed E-state index contributed by atoms with van der Waals surface area (Å²) in [6.07, 6.45) is 15.2. The van der Waals surface area contributed by atoms with Crippen molar-refractivity contribution in [3.05, 3.63) is 145 Å².